The molecule has 4 atom stereocenters. The Morgan fingerprint density at radius 1 is 0.279 bits per heavy atom. The predicted molar refractivity (Wildman–Crippen MR) is 586 cm³/mol. The van der Waals surface area contributed by atoms with E-state index in [1.54, 1.807) is 55.1 Å². The molecule has 4 heterocycles. The van der Waals surface area contributed by atoms with Gasteiger partial charge in [-0.1, -0.05) is 199 Å². The summed E-state index contributed by atoms with van der Waals surface area (Å²) in [5.41, 5.74) is 50.9. The molecular formula is C120H132N20O6S. The molecule has 16 aromatic rings. The maximum absolute atomic E-state index is 13.4. The third-order valence-corrected chi connectivity index (χ3v) is 27.9. The van der Waals surface area contributed by atoms with Crippen LogP contribution >= 0.6 is 0 Å². The van der Waals surface area contributed by atoms with Gasteiger partial charge in [0.05, 0.1) is 74.6 Å². The van der Waals surface area contributed by atoms with Crippen LogP contribution in [-0.2, 0) is 36.0 Å². The first-order valence-electron chi connectivity index (χ1n) is 50.7. The smallest absolute Gasteiger partial charge is 0.274 e. The number of benzene rings is 12. The maximum Gasteiger partial charge on any atom is 0.274 e. The van der Waals surface area contributed by atoms with Crippen molar-refractivity contribution in [2.75, 3.05) is 53.7 Å². The summed E-state index contributed by atoms with van der Waals surface area (Å²) in [4.78, 5) is 53.8. The molecule has 0 saturated heterocycles. The van der Waals surface area contributed by atoms with Crippen LogP contribution in [0.2, 0.25) is 0 Å². The summed E-state index contributed by atoms with van der Waals surface area (Å²) in [6.45, 7) is 19.4. The number of carbonyl (C=O) groups is 4. The zero-order valence-corrected chi connectivity index (χ0v) is 85.5. The van der Waals surface area contributed by atoms with E-state index in [9.17, 15) is 27.6 Å². The second-order valence-corrected chi connectivity index (χ2v) is 41.4. The van der Waals surface area contributed by atoms with Crippen LogP contribution in [0, 0.1) is 72.1 Å². The molecule has 0 spiro atoms. The molecule has 0 bridgehead atoms. The molecule has 147 heavy (non-hydrogen) atoms. The minimum atomic E-state index is -3.28. The highest BCUT2D eigenvalue weighted by atomic mass is 32.2. The largest absolute Gasteiger partial charge is 0.326 e. The highest BCUT2D eigenvalue weighted by molar-refractivity contribution is 7.90. The summed E-state index contributed by atoms with van der Waals surface area (Å²) >= 11 is 0. The summed E-state index contributed by atoms with van der Waals surface area (Å²) < 4.78 is 30.6. The fourth-order valence-corrected chi connectivity index (χ4v) is 18.8. The molecule has 4 aromatic heterocycles. The molecular weight excluding hydrogens is 1850 g/mol. The van der Waals surface area contributed by atoms with Crippen molar-refractivity contribution in [3.8, 4) is 22.7 Å². The number of nitrogens with two attached hydrogens (primary N) is 4. The summed E-state index contributed by atoms with van der Waals surface area (Å²) in [6.07, 6.45) is 11.4. The van der Waals surface area contributed by atoms with Crippen molar-refractivity contribution >= 4 is 56.2 Å². The van der Waals surface area contributed by atoms with Crippen LogP contribution in [0.25, 0.3) is 22.7 Å². The number of sulfone groups is 1. The molecule has 0 radical (unpaired) electrons. The lowest BCUT2D eigenvalue weighted by molar-refractivity contribution is 0.101. The number of nitrogens with zero attached hydrogens (tertiary/aromatic N) is 8. The molecule has 4 aliphatic rings. The van der Waals surface area contributed by atoms with Gasteiger partial charge in [-0.25, -0.2) is 27.1 Å². The van der Waals surface area contributed by atoms with Crippen molar-refractivity contribution in [3.63, 3.8) is 0 Å². The zero-order valence-electron chi connectivity index (χ0n) is 84.7. The second-order valence-electron chi connectivity index (χ2n) is 39.4. The summed E-state index contributed by atoms with van der Waals surface area (Å²) in [5.74, 6) is 2.07. The van der Waals surface area contributed by atoms with Crippen molar-refractivity contribution in [3.05, 3.63) is 444 Å². The topological polar surface area (TPSA) is 374 Å². The third kappa shape index (κ3) is 28.0. The van der Waals surface area contributed by atoms with Crippen molar-refractivity contribution in [2.24, 2.45) is 46.6 Å². The van der Waals surface area contributed by atoms with E-state index >= 15 is 0 Å². The number of amides is 4. The lowest BCUT2D eigenvalue weighted by Crippen LogP contribution is -2.25. The fraction of sp³-hybridized carbons (Fsp3) is 0.267. The molecule has 20 rings (SSSR count). The van der Waals surface area contributed by atoms with Crippen LogP contribution in [0.5, 0.6) is 0 Å². The zero-order chi connectivity index (χ0) is 103. The Balaban J connectivity index is 0.000000134. The predicted octanol–water partition coefficient (Wildman–Crippen LogP) is 20.3. The Morgan fingerprint density at radius 2 is 0.510 bits per heavy atom. The SMILES string of the molecule is Cc1cc(C(=O)Nc2cccc(C(NCC3CC3)c3ccc(S(C)(=O)=O)cc3)c2)n(-c2cccc(CN)c2)n1.Cc1ccc(C(NCC2CC2)c2cccc(NC(=O)c3cc(C)nn3-c3cccc(CN)c3)c2)cc1.Cc1cccc(C(NCC2CC2)c2cccc(NC(=O)c3cc(C)nn3-c3cccc(CN)c3)c2)c1.Cc1cccc(C(NCC2CC2)c2cccc(NC(=O)c3cc(C)nn3-c3cccc(CN)c3)c2)c1. The van der Waals surface area contributed by atoms with E-state index < -0.39 is 9.84 Å². The highest BCUT2D eigenvalue weighted by Gasteiger charge is 2.31. The Kier molecular flexibility index (Phi) is 33.7. The Labute approximate surface area is 861 Å². The summed E-state index contributed by atoms with van der Waals surface area (Å²) in [6, 6.07) is 103. The van der Waals surface area contributed by atoms with Crippen LogP contribution < -0.4 is 65.5 Å². The molecule has 12 aromatic carbocycles. The standard InChI is InChI=1S/C30H33N5O3S.3C30H33N5O/c1-20-15-28(35(34-20)26-8-3-5-22(16-26)18-31)30(36)33-25-7-4-6-24(17-25)29(32-19-21-9-10-21)23-11-13-27(14-12-23)39(2,37)38;2*1-20-6-3-8-24(14-20)29(32-19-22-12-13-22)25-9-5-10-26(17-25)33-30(36)28-15-21(2)34-35(28)27-11-4-7-23(16-27)18-31;1-20-9-13-24(14-10-20)29(32-19-22-11-12-22)25-6-4-7-26(17-25)33-30(36)28-15-21(2)34-35(28)27-8-3-5-23(16-27)18-31/h3-8,11-17,21,29,32H,9-10,18-19,31H2,1-2H3,(H,33,36);2*3-11,14-17,22,29,32H,12-13,18-19,31H2,1-2H3,(H,33,36);3-10,13-17,22,29,32H,11-12,18-19,31H2,1-2H3,(H,33,36). The van der Waals surface area contributed by atoms with Crippen molar-refractivity contribution in [2.45, 2.75) is 155 Å². The second kappa shape index (κ2) is 47.9. The minimum absolute atomic E-state index is 0.0640. The highest BCUT2D eigenvalue weighted by Crippen LogP contribution is 2.38. The molecule has 4 fully saturated rings. The van der Waals surface area contributed by atoms with Crippen LogP contribution in [0.4, 0.5) is 22.7 Å². The van der Waals surface area contributed by atoms with Gasteiger partial charge in [0.25, 0.3) is 23.6 Å². The van der Waals surface area contributed by atoms with Crippen molar-refractivity contribution < 1.29 is 27.6 Å². The lowest BCUT2D eigenvalue weighted by Gasteiger charge is -2.21. The average molecular weight is 1980 g/mol. The van der Waals surface area contributed by atoms with E-state index in [0.29, 0.717) is 60.6 Å². The van der Waals surface area contributed by atoms with E-state index in [0.717, 1.165) is 157 Å². The van der Waals surface area contributed by atoms with Crippen LogP contribution in [0.15, 0.2) is 320 Å². The van der Waals surface area contributed by atoms with Gasteiger partial charge in [0.15, 0.2) is 9.84 Å². The average Bonchev–Trinajstić information content (AvgIpc) is 1.65. The molecule has 26 nitrogen and oxygen atoms in total. The van der Waals surface area contributed by atoms with E-state index in [4.69, 9.17) is 22.9 Å². The third-order valence-electron chi connectivity index (χ3n) is 26.8. The van der Waals surface area contributed by atoms with E-state index in [1.807, 2.05) is 198 Å². The number of aryl methyl sites for hydroxylation is 7. The van der Waals surface area contributed by atoms with Gasteiger partial charge in [-0.2, -0.15) is 20.4 Å². The molecule has 4 unspecified atom stereocenters. The van der Waals surface area contributed by atoms with Gasteiger partial charge in [-0.3, -0.25) is 19.2 Å². The number of nitrogens with one attached hydrogen (secondary N) is 8. The fourth-order valence-electron chi connectivity index (χ4n) is 18.2. The van der Waals surface area contributed by atoms with Crippen molar-refractivity contribution in [1.82, 2.24) is 60.4 Å². The van der Waals surface area contributed by atoms with E-state index in [1.165, 1.54) is 91.0 Å². The van der Waals surface area contributed by atoms with Crippen LogP contribution in [0.1, 0.15) is 224 Å². The number of anilines is 4. The van der Waals surface area contributed by atoms with Gasteiger partial charge in [-0.15, -0.1) is 0 Å². The number of hydrogen-bond acceptors (Lipinski definition) is 18. The first-order valence-corrected chi connectivity index (χ1v) is 52.6. The van der Waals surface area contributed by atoms with Gasteiger partial charge < -0.3 is 65.5 Å². The molecule has 754 valence electrons. The van der Waals surface area contributed by atoms with Gasteiger partial charge in [0.1, 0.15) is 22.8 Å². The molecule has 0 aliphatic heterocycles. The maximum atomic E-state index is 13.4. The Hall–Kier alpha value is -15.0. The molecule has 27 heteroatoms. The molecule has 4 amide bonds. The Morgan fingerprint density at radius 3 is 0.748 bits per heavy atom. The van der Waals surface area contributed by atoms with Crippen molar-refractivity contribution in [1.29, 1.82) is 0 Å². The minimum Gasteiger partial charge on any atom is -0.326 e. The number of rotatable bonds is 37. The Bertz CT molecular complexity index is 7220. The van der Waals surface area contributed by atoms with Gasteiger partial charge in [-0.05, 0) is 350 Å². The number of hydrogen-bond donors (Lipinski definition) is 12. The molecule has 4 aliphatic carbocycles. The van der Waals surface area contributed by atoms with Crippen LogP contribution in [0.3, 0.4) is 0 Å². The van der Waals surface area contributed by atoms with Gasteiger partial charge in [0, 0.05) is 55.2 Å². The summed E-state index contributed by atoms with van der Waals surface area (Å²) in [7, 11) is -3.28. The van der Waals surface area contributed by atoms with Crippen LogP contribution in [-0.4, -0.2) is 104 Å². The first kappa shape index (κ1) is 103. The number of carbonyl (C=O) groups excluding carboxylic acids is 4. The first-order chi connectivity index (χ1) is 71.2. The lowest BCUT2D eigenvalue weighted by atomic mass is 9.96. The summed E-state index contributed by atoms with van der Waals surface area (Å²) in [5, 5.41) is 45.5. The normalized spacial score (nSPS) is 14.0. The van der Waals surface area contributed by atoms with Gasteiger partial charge >= 0.3 is 0 Å². The quantitative estimate of drug-likeness (QED) is 0.0172. The molecule has 4 saturated carbocycles. The van der Waals surface area contributed by atoms with Gasteiger partial charge in [0.2, 0.25) is 0 Å². The van der Waals surface area contributed by atoms with E-state index in [2.05, 4.69) is 193 Å². The number of aromatic nitrogens is 8. The monoisotopic (exact) mass is 1980 g/mol. The van der Waals surface area contributed by atoms with E-state index in [-0.39, 0.29) is 52.7 Å². The molecule has 16 N–H and O–H groups in total.